The predicted molar refractivity (Wildman–Crippen MR) is 77.5 cm³/mol. The average Bonchev–Trinajstić information content (AvgIpc) is 2.46. The minimum absolute atomic E-state index is 0.0139. The lowest BCUT2D eigenvalue weighted by atomic mass is 10.2. The molecule has 3 rings (SSSR count). The Morgan fingerprint density at radius 3 is 2.86 bits per heavy atom. The highest BCUT2D eigenvalue weighted by Gasteiger charge is 2.14. The van der Waals surface area contributed by atoms with Crippen LogP contribution in [0.3, 0.4) is 0 Å². The smallest absolute Gasteiger partial charge is 0.349 e. The van der Waals surface area contributed by atoms with Crippen molar-refractivity contribution in [2.75, 3.05) is 5.32 Å². The van der Waals surface area contributed by atoms with Crippen LogP contribution < -0.4 is 10.9 Å². The van der Waals surface area contributed by atoms with Crippen LogP contribution in [0.2, 0.25) is 5.15 Å². The van der Waals surface area contributed by atoms with E-state index >= 15 is 0 Å². The highest BCUT2D eigenvalue weighted by atomic mass is 35.5. The van der Waals surface area contributed by atoms with Gasteiger partial charge in [0.25, 0.3) is 5.91 Å². The van der Waals surface area contributed by atoms with Crippen LogP contribution in [0.15, 0.2) is 51.8 Å². The van der Waals surface area contributed by atoms with Crippen LogP contribution in [0.1, 0.15) is 10.4 Å². The molecule has 2 aromatic heterocycles. The summed E-state index contributed by atoms with van der Waals surface area (Å²) in [7, 11) is 0. The molecule has 0 aliphatic rings. The number of nitrogens with one attached hydrogen (secondary N) is 1. The van der Waals surface area contributed by atoms with Crippen molar-refractivity contribution in [1.82, 2.24) is 9.97 Å². The monoisotopic (exact) mass is 301 g/mol. The van der Waals surface area contributed by atoms with Gasteiger partial charge in [0, 0.05) is 11.6 Å². The van der Waals surface area contributed by atoms with Crippen molar-refractivity contribution in [2.45, 2.75) is 0 Å². The standard InChI is InChI=1S/C14H8ClN3O3/c15-11-5-6-16-14(17-11)18-12(19)9-7-8-3-1-2-4-10(8)21-13(9)20/h1-7H,(H,16,17,18,19). The molecule has 1 amide bonds. The number of nitrogens with zero attached hydrogens (tertiary/aromatic N) is 2. The molecular formula is C14H8ClN3O3. The topological polar surface area (TPSA) is 85.1 Å². The number of aromatic nitrogens is 2. The zero-order valence-electron chi connectivity index (χ0n) is 10.5. The van der Waals surface area contributed by atoms with Crippen molar-refractivity contribution in [3.05, 3.63) is 63.7 Å². The summed E-state index contributed by atoms with van der Waals surface area (Å²) in [4.78, 5) is 31.6. The number of carbonyl (C=O) groups excluding carboxylic acids is 1. The number of halogens is 1. The summed E-state index contributed by atoms with van der Waals surface area (Å²) in [5.41, 5.74) is -0.441. The fourth-order valence-corrected chi connectivity index (χ4v) is 1.92. The quantitative estimate of drug-likeness (QED) is 0.580. The molecule has 0 atom stereocenters. The molecule has 0 bridgehead atoms. The zero-order chi connectivity index (χ0) is 14.8. The molecule has 0 aliphatic carbocycles. The van der Waals surface area contributed by atoms with Crippen molar-refractivity contribution >= 4 is 34.4 Å². The lowest BCUT2D eigenvalue weighted by Crippen LogP contribution is -2.21. The number of para-hydroxylation sites is 1. The van der Waals surface area contributed by atoms with Gasteiger partial charge in [-0.3, -0.25) is 10.1 Å². The van der Waals surface area contributed by atoms with Crippen LogP contribution in [-0.2, 0) is 0 Å². The number of benzene rings is 1. The van der Waals surface area contributed by atoms with Crippen molar-refractivity contribution in [2.24, 2.45) is 0 Å². The Kier molecular flexibility index (Phi) is 3.37. The maximum absolute atomic E-state index is 12.1. The molecule has 7 heteroatoms. The van der Waals surface area contributed by atoms with E-state index in [4.69, 9.17) is 16.0 Å². The van der Waals surface area contributed by atoms with Crippen LogP contribution in [0.4, 0.5) is 5.95 Å². The molecule has 0 saturated carbocycles. The van der Waals surface area contributed by atoms with Crippen LogP contribution in [0.25, 0.3) is 11.0 Å². The van der Waals surface area contributed by atoms with Crippen LogP contribution >= 0.6 is 11.6 Å². The van der Waals surface area contributed by atoms with Crippen molar-refractivity contribution in [1.29, 1.82) is 0 Å². The normalized spacial score (nSPS) is 10.5. The van der Waals surface area contributed by atoms with E-state index < -0.39 is 11.5 Å². The highest BCUT2D eigenvalue weighted by molar-refractivity contribution is 6.29. The van der Waals surface area contributed by atoms with Gasteiger partial charge in [0.15, 0.2) is 0 Å². The SMILES string of the molecule is O=C(Nc1nccc(Cl)n1)c1cc2ccccc2oc1=O. The third-order valence-electron chi connectivity index (χ3n) is 2.73. The summed E-state index contributed by atoms with van der Waals surface area (Å²) in [5.74, 6) is -0.642. The third-order valence-corrected chi connectivity index (χ3v) is 2.94. The average molecular weight is 302 g/mol. The molecular weight excluding hydrogens is 294 g/mol. The van der Waals surface area contributed by atoms with E-state index in [9.17, 15) is 9.59 Å². The lowest BCUT2D eigenvalue weighted by molar-refractivity contribution is 0.102. The van der Waals surface area contributed by atoms with Gasteiger partial charge in [0.2, 0.25) is 5.95 Å². The van der Waals surface area contributed by atoms with Crippen molar-refractivity contribution in [3.8, 4) is 0 Å². The van der Waals surface area contributed by atoms with Gasteiger partial charge in [-0.15, -0.1) is 0 Å². The van der Waals surface area contributed by atoms with E-state index in [-0.39, 0.29) is 16.7 Å². The Morgan fingerprint density at radius 2 is 2.05 bits per heavy atom. The molecule has 6 nitrogen and oxygen atoms in total. The first-order valence-electron chi connectivity index (χ1n) is 5.96. The minimum Gasteiger partial charge on any atom is -0.422 e. The summed E-state index contributed by atoms with van der Waals surface area (Å²) < 4.78 is 5.09. The molecule has 2 heterocycles. The Morgan fingerprint density at radius 1 is 1.24 bits per heavy atom. The summed E-state index contributed by atoms with van der Waals surface area (Å²) in [6.45, 7) is 0. The van der Waals surface area contributed by atoms with Crippen molar-refractivity contribution in [3.63, 3.8) is 0 Å². The predicted octanol–water partition coefficient (Wildman–Crippen LogP) is 2.49. The van der Waals surface area contributed by atoms with E-state index in [1.54, 1.807) is 24.3 Å². The Hall–Kier alpha value is -2.73. The van der Waals surface area contributed by atoms with Gasteiger partial charge >= 0.3 is 5.63 Å². The first kappa shape index (κ1) is 13.3. The Bertz CT molecular complexity index is 892. The Balaban J connectivity index is 1.98. The molecule has 0 fully saturated rings. The van der Waals surface area contributed by atoms with E-state index in [0.717, 1.165) is 0 Å². The van der Waals surface area contributed by atoms with Crippen molar-refractivity contribution < 1.29 is 9.21 Å². The molecule has 1 aromatic carbocycles. The largest absolute Gasteiger partial charge is 0.422 e. The van der Waals surface area contributed by atoms with Gasteiger partial charge in [-0.05, 0) is 18.2 Å². The molecule has 0 saturated heterocycles. The molecule has 21 heavy (non-hydrogen) atoms. The Labute approximate surface area is 123 Å². The molecule has 0 aliphatic heterocycles. The second-order valence-corrected chi connectivity index (χ2v) is 4.53. The van der Waals surface area contributed by atoms with Gasteiger partial charge in [-0.2, -0.15) is 0 Å². The number of hydrogen-bond donors (Lipinski definition) is 1. The fraction of sp³-hybridized carbons (Fsp3) is 0. The highest BCUT2D eigenvalue weighted by Crippen LogP contribution is 2.13. The zero-order valence-corrected chi connectivity index (χ0v) is 11.3. The molecule has 0 unspecified atom stereocenters. The number of fused-ring (bicyclic) bond motifs is 1. The number of anilines is 1. The van der Waals surface area contributed by atoms with Gasteiger partial charge in [0.05, 0.1) is 0 Å². The number of rotatable bonds is 2. The van der Waals surface area contributed by atoms with Crippen LogP contribution in [-0.4, -0.2) is 15.9 Å². The van der Waals surface area contributed by atoms with E-state index in [2.05, 4.69) is 15.3 Å². The van der Waals surface area contributed by atoms with Crippen LogP contribution in [0.5, 0.6) is 0 Å². The number of carbonyl (C=O) groups is 1. The van der Waals surface area contributed by atoms with Gasteiger partial charge < -0.3 is 4.42 Å². The maximum atomic E-state index is 12.1. The molecule has 3 aromatic rings. The fourth-order valence-electron chi connectivity index (χ4n) is 1.79. The third kappa shape index (κ3) is 2.75. The summed E-state index contributed by atoms with van der Waals surface area (Å²) in [5, 5.41) is 3.23. The van der Waals surface area contributed by atoms with Gasteiger partial charge in [0.1, 0.15) is 16.3 Å². The second kappa shape index (κ2) is 5.34. The number of hydrogen-bond acceptors (Lipinski definition) is 5. The summed E-state index contributed by atoms with van der Waals surface area (Å²) in [6, 6.07) is 9.85. The van der Waals surface area contributed by atoms with Crippen LogP contribution in [0, 0.1) is 0 Å². The lowest BCUT2D eigenvalue weighted by Gasteiger charge is -2.03. The van der Waals surface area contributed by atoms with Gasteiger partial charge in [-0.25, -0.2) is 14.8 Å². The minimum atomic E-state index is -0.728. The van der Waals surface area contributed by atoms with Gasteiger partial charge in [-0.1, -0.05) is 29.8 Å². The summed E-state index contributed by atoms with van der Waals surface area (Å²) in [6.07, 6.45) is 1.40. The molecule has 0 radical (unpaired) electrons. The van der Waals surface area contributed by atoms with E-state index in [1.165, 1.54) is 18.3 Å². The maximum Gasteiger partial charge on any atom is 0.349 e. The first-order valence-corrected chi connectivity index (χ1v) is 6.34. The molecule has 0 spiro atoms. The van der Waals surface area contributed by atoms with E-state index in [1.807, 2.05) is 0 Å². The van der Waals surface area contributed by atoms with E-state index in [0.29, 0.717) is 11.0 Å². The second-order valence-electron chi connectivity index (χ2n) is 4.14. The molecule has 1 N–H and O–H groups in total. The number of amides is 1. The summed E-state index contributed by atoms with van der Waals surface area (Å²) >= 11 is 5.70. The molecule has 104 valence electrons. The first-order chi connectivity index (χ1) is 10.1.